The number of benzene rings is 1. The van der Waals surface area contributed by atoms with Crippen molar-refractivity contribution < 1.29 is 14.3 Å². The highest BCUT2D eigenvalue weighted by atomic mass is 32.2. The molecule has 1 unspecified atom stereocenters. The number of amides is 1. The number of carbonyl (C=O) groups is 2. The molecule has 2 aliphatic rings. The Balaban J connectivity index is 1.66. The molecule has 0 spiro atoms. The molecule has 3 rings (SSSR count). The quantitative estimate of drug-likeness (QED) is 0.702. The smallest absolute Gasteiger partial charge is 0.234 e. The molecule has 1 heterocycles. The molecule has 2 fully saturated rings. The molecule has 1 saturated carbocycles. The number of carbonyl (C=O) groups excluding carboxylic acids is 2. The summed E-state index contributed by atoms with van der Waals surface area (Å²) in [6.07, 6.45) is 3.14. The Hall–Kier alpha value is -1.33. The number of fused-ring (bicyclic) bond motifs is 1. The minimum atomic E-state index is -0.777. The van der Waals surface area contributed by atoms with E-state index in [-0.39, 0.29) is 35.1 Å². The van der Waals surface area contributed by atoms with Crippen molar-refractivity contribution in [2.75, 3.05) is 6.61 Å². The average Bonchev–Trinajstić information content (AvgIpc) is 3.18. The lowest BCUT2D eigenvalue weighted by Gasteiger charge is -2.30. The third kappa shape index (κ3) is 5.05. The molecular weight excluding hydrogens is 382 g/mol. The van der Waals surface area contributed by atoms with E-state index >= 15 is 0 Å². The monoisotopic (exact) mass is 417 g/mol. The van der Waals surface area contributed by atoms with Crippen LogP contribution in [0.4, 0.5) is 0 Å². The fraction of sp³-hybridized carbons (Fsp3) is 0.667. The van der Waals surface area contributed by atoms with Crippen LogP contribution in [0.5, 0.6) is 0 Å². The molecule has 1 saturated heterocycles. The van der Waals surface area contributed by atoms with Gasteiger partial charge in [-0.25, -0.2) is 0 Å². The van der Waals surface area contributed by atoms with Crippen molar-refractivity contribution in [3.63, 3.8) is 0 Å². The molecule has 0 radical (unpaired) electrons. The molecule has 1 amide bonds. The standard InChI is InChI=1S/C24H35NO3S/c1-16(2)13-19(29-15-17-8-10-18(11-9-17)23(3,4)5)22(27)25-24-12-6-7-21(24)28-14-20(24)26/h8-11,16,19,21H,6-7,12-15H2,1-5H3,(H,25,27)/t19?,21-,24+/m1/s1. The van der Waals surface area contributed by atoms with E-state index in [4.69, 9.17) is 4.74 Å². The van der Waals surface area contributed by atoms with Crippen LogP contribution in [0, 0.1) is 5.92 Å². The van der Waals surface area contributed by atoms with E-state index < -0.39 is 5.54 Å². The van der Waals surface area contributed by atoms with Crippen LogP contribution in [0.15, 0.2) is 24.3 Å². The summed E-state index contributed by atoms with van der Waals surface area (Å²) in [7, 11) is 0. The van der Waals surface area contributed by atoms with Crippen LogP contribution in [-0.2, 0) is 25.5 Å². The largest absolute Gasteiger partial charge is 0.367 e. The number of rotatable bonds is 7. The van der Waals surface area contributed by atoms with Crippen molar-refractivity contribution in [1.29, 1.82) is 0 Å². The third-order valence-corrected chi connectivity index (χ3v) is 7.40. The normalized spacial score (nSPS) is 25.3. The molecule has 5 heteroatoms. The summed E-state index contributed by atoms with van der Waals surface area (Å²) in [4.78, 5) is 25.7. The molecule has 160 valence electrons. The Morgan fingerprint density at radius 1 is 1.28 bits per heavy atom. The van der Waals surface area contributed by atoms with E-state index in [2.05, 4.69) is 64.2 Å². The van der Waals surface area contributed by atoms with Gasteiger partial charge in [0.05, 0.1) is 11.4 Å². The zero-order valence-electron chi connectivity index (χ0n) is 18.4. The Bertz CT molecular complexity index is 737. The predicted molar refractivity (Wildman–Crippen MR) is 119 cm³/mol. The number of thioether (sulfide) groups is 1. The Morgan fingerprint density at radius 2 is 1.97 bits per heavy atom. The third-order valence-electron chi connectivity index (χ3n) is 6.10. The predicted octanol–water partition coefficient (Wildman–Crippen LogP) is 4.64. The molecule has 1 aromatic carbocycles. The molecule has 0 bridgehead atoms. The topological polar surface area (TPSA) is 55.4 Å². The number of Topliss-reactive ketones (excluding diaryl/α,β-unsaturated/α-hetero) is 1. The van der Waals surface area contributed by atoms with Gasteiger partial charge in [0.2, 0.25) is 5.91 Å². The highest BCUT2D eigenvalue weighted by Crippen LogP contribution is 2.38. The maximum atomic E-state index is 13.2. The molecule has 1 aliphatic carbocycles. The zero-order chi connectivity index (χ0) is 21.2. The van der Waals surface area contributed by atoms with Crippen molar-refractivity contribution in [2.45, 2.75) is 88.4 Å². The first-order valence-corrected chi connectivity index (χ1v) is 11.8. The van der Waals surface area contributed by atoms with E-state index in [9.17, 15) is 9.59 Å². The zero-order valence-corrected chi connectivity index (χ0v) is 19.2. The van der Waals surface area contributed by atoms with Gasteiger partial charge in [-0.15, -0.1) is 11.8 Å². The van der Waals surface area contributed by atoms with Gasteiger partial charge in [0.25, 0.3) is 0 Å². The Morgan fingerprint density at radius 3 is 2.59 bits per heavy atom. The molecule has 1 N–H and O–H groups in total. The lowest BCUT2D eigenvalue weighted by atomic mass is 9.87. The van der Waals surface area contributed by atoms with Crippen LogP contribution in [0.1, 0.15) is 71.4 Å². The summed E-state index contributed by atoms with van der Waals surface area (Å²) in [5, 5.41) is 2.98. The van der Waals surface area contributed by atoms with Crippen LogP contribution in [0.2, 0.25) is 0 Å². The highest BCUT2D eigenvalue weighted by Gasteiger charge is 2.55. The van der Waals surface area contributed by atoms with Gasteiger partial charge < -0.3 is 10.1 Å². The number of ketones is 1. The van der Waals surface area contributed by atoms with Gasteiger partial charge in [-0.1, -0.05) is 58.9 Å². The first-order chi connectivity index (χ1) is 13.6. The first-order valence-electron chi connectivity index (χ1n) is 10.8. The number of hydrogen-bond donors (Lipinski definition) is 1. The second-order valence-electron chi connectivity index (χ2n) is 9.95. The van der Waals surface area contributed by atoms with Crippen LogP contribution >= 0.6 is 11.8 Å². The fourth-order valence-corrected chi connectivity index (χ4v) is 5.63. The SMILES string of the molecule is CC(C)CC(SCc1ccc(C(C)(C)C)cc1)C(=O)N[C@]12CCC[C@H]1OCC2=O. The summed E-state index contributed by atoms with van der Waals surface area (Å²) in [5.74, 6) is 1.23. The van der Waals surface area contributed by atoms with Crippen LogP contribution in [0.25, 0.3) is 0 Å². The van der Waals surface area contributed by atoms with Gasteiger partial charge in [-0.05, 0) is 48.1 Å². The molecule has 4 nitrogen and oxygen atoms in total. The van der Waals surface area contributed by atoms with E-state index in [0.29, 0.717) is 12.3 Å². The van der Waals surface area contributed by atoms with Crippen LogP contribution in [0.3, 0.4) is 0 Å². The van der Waals surface area contributed by atoms with Gasteiger partial charge in [0.1, 0.15) is 12.1 Å². The maximum absolute atomic E-state index is 13.2. The lowest BCUT2D eigenvalue weighted by molar-refractivity contribution is -0.129. The maximum Gasteiger partial charge on any atom is 0.234 e. The second kappa shape index (κ2) is 8.81. The highest BCUT2D eigenvalue weighted by molar-refractivity contribution is 7.99. The molecule has 0 aromatic heterocycles. The fourth-order valence-electron chi connectivity index (χ4n) is 4.31. The minimum absolute atomic E-state index is 0.0132. The van der Waals surface area contributed by atoms with Gasteiger partial charge in [-0.2, -0.15) is 0 Å². The molecule has 29 heavy (non-hydrogen) atoms. The Kier molecular flexibility index (Phi) is 6.79. The van der Waals surface area contributed by atoms with E-state index in [1.54, 1.807) is 11.8 Å². The van der Waals surface area contributed by atoms with Crippen LogP contribution in [-0.4, -0.2) is 35.2 Å². The second-order valence-corrected chi connectivity index (χ2v) is 11.1. The van der Waals surface area contributed by atoms with Gasteiger partial charge in [0.15, 0.2) is 5.78 Å². The number of nitrogens with one attached hydrogen (secondary N) is 1. The van der Waals surface area contributed by atoms with Gasteiger partial charge in [0, 0.05) is 5.75 Å². The first kappa shape index (κ1) is 22.4. The Labute approximate surface area is 179 Å². The van der Waals surface area contributed by atoms with Gasteiger partial charge >= 0.3 is 0 Å². The molecular formula is C24H35NO3S. The lowest BCUT2D eigenvalue weighted by Crippen LogP contribution is -2.57. The molecule has 1 aromatic rings. The van der Waals surface area contributed by atoms with Crippen molar-refractivity contribution >= 4 is 23.5 Å². The van der Waals surface area contributed by atoms with Crippen molar-refractivity contribution in [2.24, 2.45) is 5.92 Å². The minimum Gasteiger partial charge on any atom is -0.367 e. The van der Waals surface area contributed by atoms with E-state index in [1.807, 2.05) is 0 Å². The number of ether oxygens (including phenoxy) is 1. The average molecular weight is 418 g/mol. The molecule has 1 aliphatic heterocycles. The number of hydrogen-bond acceptors (Lipinski definition) is 4. The van der Waals surface area contributed by atoms with E-state index in [1.165, 1.54) is 11.1 Å². The van der Waals surface area contributed by atoms with Gasteiger partial charge in [-0.3, -0.25) is 9.59 Å². The summed E-state index contributed by atoms with van der Waals surface area (Å²) >= 11 is 1.68. The molecule has 3 atom stereocenters. The summed E-state index contributed by atoms with van der Waals surface area (Å²) < 4.78 is 5.65. The van der Waals surface area contributed by atoms with Crippen LogP contribution < -0.4 is 5.32 Å². The van der Waals surface area contributed by atoms with Crippen molar-refractivity contribution in [3.05, 3.63) is 35.4 Å². The van der Waals surface area contributed by atoms with Crippen molar-refractivity contribution in [1.82, 2.24) is 5.32 Å². The summed E-state index contributed by atoms with van der Waals surface area (Å²) in [6.45, 7) is 11.0. The summed E-state index contributed by atoms with van der Waals surface area (Å²) in [5.41, 5.74) is 1.90. The summed E-state index contributed by atoms with van der Waals surface area (Å²) in [6, 6.07) is 8.70. The van der Waals surface area contributed by atoms with E-state index in [0.717, 1.165) is 25.0 Å². The van der Waals surface area contributed by atoms with Crippen molar-refractivity contribution in [3.8, 4) is 0 Å².